The Balaban J connectivity index is 3.23. The molecule has 0 saturated heterocycles. The second-order valence-corrected chi connectivity index (χ2v) is 4.45. The molecule has 0 spiro atoms. The van der Waals surface area contributed by atoms with Gasteiger partial charge in [0.1, 0.15) is 5.56 Å². The first kappa shape index (κ1) is 19.1. The number of esters is 1. The van der Waals surface area contributed by atoms with Crippen molar-refractivity contribution < 1.29 is 34.0 Å². The number of carbonyl (C=O) groups is 1. The lowest BCUT2D eigenvalue weighted by Crippen LogP contribution is -2.09. The maximum absolute atomic E-state index is 11.3. The Kier molecular flexibility index (Phi) is 6.86. The van der Waals surface area contributed by atoms with Crippen LogP contribution in [-0.2, 0) is 16.1 Å². The first-order valence-corrected chi connectivity index (χ1v) is 6.70. The number of hydrogen-bond acceptors (Lipinski definition) is 9. The van der Waals surface area contributed by atoms with Gasteiger partial charge in [0.05, 0.1) is 43.3 Å². The van der Waals surface area contributed by atoms with E-state index in [4.69, 9.17) is 9.47 Å². The van der Waals surface area contributed by atoms with Crippen LogP contribution in [0.4, 0.5) is 11.4 Å². The highest BCUT2D eigenvalue weighted by Crippen LogP contribution is 2.44. The van der Waals surface area contributed by atoms with E-state index in [1.165, 1.54) is 14.2 Å². The molecule has 0 aromatic heterocycles. The molecule has 0 fully saturated rings. The number of nitro groups is 2. The van der Waals surface area contributed by atoms with Gasteiger partial charge in [-0.15, -0.1) is 0 Å². The van der Waals surface area contributed by atoms with Crippen LogP contribution >= 0.6 is 0 Å². The standard InChI is InChI=1S/C13H16N2O9/c1-22-10-6-9(14(18)19)8(7-16)12(15(20)21)13(10)24-5-3-4-11(17)23-2/h6,16H,3-5,7H2,1-2H3. The Bertz CT molecular complexity index is 645. The number of methoxy groups -OCH3 is 2. The largest absolute Gasteiger partial charge is 0.492 e. The topological polar surface area (TPSA) is 151 Å². The third kappa shape index (κ3) is 4.29. The molecule has 132 valence electrons. The summed E-state index contributed by atoms with van der Waals surface area (Å²) in [6.07, 6.45) is 0.241. The fourth-order valence-corrected chi connectivity index (χ4v) is 1.95. The average Bonchev–Trinajstić information content (AvgIpc) is 2.56. The lowest BCUT2D eigenvalue weighted by atomic mass is 10.1. The van der Waals surface area contributed by atoms with Gasteiger partial charge in [-0.1, -0.05) is 0 Å². The van der Waals surface area contributed by atoms with Crippen molar-refractivity contribution in [3.8, 4) is 11.5 Å². The van der Waals surface area contributed by atoms with Gasteiger partial charge in [0.2, 0.25) is 5.75 Å². The van der Waals surface area contributed by atoms with Gasteiger partial charge in [-0.2, -0.15) is 0 Å². The van der Waals surface area contributed by atoms with E-state index in [1.807, 2.05) is 0 Å². The van der Waals surface area contributed by atoms with Gasteiger partial charge >= 0.3 is 11.7 Å². The summed E-state index contributed by atoms with van der Waals surface area (Å²) in [5.74, 6) is -1.04. The summed E-state index contributed by atoms with van der Waals surface area (Å²) in [6.45, 7) is -1.01. The first-order chi connectivity index (χ1) is 11.4. The zero-order valence-electron chi connectivity index (χ0n) is 13.0. The van der Waals surface area contributed by atoms with Crippen LogP contribution < -0.4 is 9.47 Å². The number of hydrogen-bond donors (Lipinski definition) is 1. The number of nitro benzene ring substituents is 2. The highest BCUT2D eigenvalue weighted by Gasteiger charge is 2.33. The number of carbonyl (C=O) groups excluding carboxylic acids is 1. The molecule has 0 aliphatic heterocycles. The van der Waals surface area contributed by atoms with Crippen LogP contribution in [0, 0.1) is 20.2 Å². The minimum atomic E-state index is -0.921. The lowest BCUT2D eigenvalue weighted by Gasteiger charge is -2.13. The van der Waals surface area contributed by atoms with E-state index < -0.39 is 39.4 Å². The van der Waals surface area contributed by atoms with Crippen molar-refractivity contribution in [1.29, 1.82) is 0 Å². The third-order valence-corrected chi connectivity index (χ3v) is 3.06. The smallest absolute Gasteiger partial charge is 0.327 e. The summed E-state index contributed by atoms with van der Waals surface area (Å²) < 4.78 is 14.7. The van der Waals surface area contributed by atoms with Gasteiger partial charge < -0.3 is 19.3 Å². The molecule has 0 atom stereocenters. The minimum absolute atomic E-state index is 0.0342. The van der Waals surface area contributed by atoms with E-state index >= 15 is 0 Å². The maximum Gasteiger partial charge on any atom is 0.327 e. The van der Waals surface area contributed by atoms with Crippen LogP contribution in [0.2, 0.25) is 0 Å². The molecule has 0 aliphatic rings. The molecule has 0 unspecified atom stereocenters. The Labute approximate surface area is 136 Å². The summed E-state index contributed by atoms with van der Waals surface area (Å²) in [7, 11) is 2.39. The normalized spacial score (nSPS) is 10.1. The van der Waals surface area contributed by atoms with Gasteiger partial charge in [-0.25, -0.2) is 0 Å². The quantitative estimate of drug-likeness (QED) is 0.302. The molecule has 1 aromatic carbocycles. The number of aliphatic hydroxyl groups is 1. The van der Waals surface area contributed by atoms with Crippen molar-refractivity contribution in [3.05, 3.63) is 31.9 Å². The molecule has 0 radical (unpaired) electrons. The summed E-state index contributed by atoms with van der Waals surface area (Å²) in [4.78, 5) is 31.6. The number of ether oxygens (including phenoxy) is 3. The molecule has 11 nitrogen and oxygen atoms in total. The zero-order valence-corrected chi connectivity index (χ0v) is 13.0. The highest BCUT2D eigenvalue weighted by molar-refractivity contribution is 5.69. The van der Waals surface area contributed by atoms with Crippen molar-refractivity contribution in [1.82, 2.24) is 0 Å². The molecule has 11 heteroatoms. The summed E-state index contributed by atoms with van der Waals surface area (Å²) in [5.41, 5.74) is -1.89. The summed E-state index contributed by atoms with van der Waals surface area (Å²) in [5, 5.41) is 31.6. The Morgan fingerprint density at radius 1 is 1.25 bits per heavy atom. The van der Waals surface area contributed by atoms with Crippen LogP contribution in [0.1, 0.15) is 18.4 Å². The first-order valence-electron chi connectivity index (χ1n) is 6.70. The van der Waals surface area contributed by atoms with E-state index in [1.54, 1.807) is 0 Å². The van der Waals surface area contributed by atoms with Crippen LogP contribution in [0.5, 0.6) is 11.5 Å². The summed E-state index contributed by atoms with van der Waals surface area (Å²) >= 11 is 0. The maximum atomic E-state index is 11.3. The Hall–Kier alpha value is -2.95. The van der Waals surface area contributed by atoms with Gasteiger partial charge in [0.25, 0.3) is 5.69 Å². The van der Waals surface area contributed by atoms with E-state index in [-0.39, 0.29) is 30.9 Å². The number of rotatable bonds is 9. The molecular formula is C13H16N2O9. The number of aliphatic hydroxyl groups excluding tert-OH is 1. The highest BCUT2D eigenvalue weighted by atomic mass is 16.6. The molecule has 0 aliphatic carbocycles. The van der Waals surface area contributed by atoms with Gasteiger partial charge in [0, 0.05) is 6.42 Å². The Morgan fingerprint density at radius 2 is 1.92 bits per heavy atom. The van der Waals surface area contributed by atoms with Crippen molar-refractivity contribution in [2.45, 2.75) is 19.4 Å². The Morgan fingerprint density at radius 3 is 2.38 bits per heavy atom. The molecule has 24 heavy (non-hydrogen) atoms. The zero-order chi connectivity index (χ0) is 18.3. The van der Waals surface area contributed by atoms with E-state index in [2.05, 4.69) is 4.74 Å². The predicted molar refractivity (Wildman–Crippen MR) is 79.0 cm³/mol. The number of nitrogens with zero attached hydrogens (tertiary/aromatic N) is 2. The van der Waals surface area contributed by atoms with Gasteiger partial charge in [-0.05, 0) is 6.42 Å². The van der Waals surface area contributed by atoms with Crippen molar-refractivity contribution in [2.75, 3.05) is 20.8 Å². The molecule has 0 bridgehead atoms. The second-order valence-electron chi connectivity index (χ2n) is 4.45. The fourth-order valence-electron chi connectivity index (χ4n) is 1.95. The average molecular weight is 344 g/mol. The van der Waals surface area contributed by atoms with Crippen molar-refractivity contribution >= 4 is 17.3 Å². The van der Waals surface area contributed by atoms with Crippen molar-refractivity contribution in [2.24, 2.45) is 0 Å². The number of benzene rings is 1. The predicted octanol–water partition coefficient (Wildman–Crippen LogP) is 1.34. The third-order valence-electron chi connectivity index (χ3n) is 3.06. The van der Waals surface area contributed by atoms with Gasteiger partial charge in [0.15, 0.2) is 5.75 Å². The van der Waals surface area contributed by atoms with E-state index in [0.717, 1.165) is 6.07 Å². The van der Waals surface area contributed by atoms with Crippen LogP contribution in [0.3, 0.4) is 0 Å². The molecular weight excluding hydrogens is 328 g/mol. The van der Waals surface area contributed by atoms with Gasteiger partial charge in [-0.3, -0.25) is 25.0 Å². The molecule has 1 N–H and O–H groups in total. The summed E-state index contributed by atoms with van der Waals surface area (Å²) in [6, 6.07) is 0.939. The minimum Gasteiger partial charge on any atom is -0.492 e. The van der Waals surface area contributed by atoms with E-state index in [0.29, 0.717) is 0 Å². The SMILES string of the molecule is COC(=O)CCCOc1c(OC)cc([N+](=O)[O-])c(CO)c1[N+](=O)[O-]. The van der Waals surface area contributed by atoms with Crippen LogP contribution in [0.15, 0.2) is 6.07 Å². The molecule has 0 heterocycles. The monoisotopic (exact) mass is 344 g/mol. The van der Waals surface area contributed by atoms with Crippen LogP contribution in [-0.4, -0.2) is 41.7 Å². The second kappa shape index (κ2) is 8.62. The fraction of sp³-hybridized carbons (Fsp3) is 0.462. The molecule has 1 aromatic rings. The molecule has 1 rings (SSSR count). The van der Waals surface area contributed by atoms with E-state index in [9.17, 15) is 30.1 Å². The molecule has 0 saturated carbocycles. The molecule has 0 amide bonds. The van der Waals surface area contributed by atoms with Crippen molar-refractivity contribution in [3.63, 3.8) is 0 Å². The lowest BCUT2D eigenvalue weighted by molar-refractivity contribution is -0.396. The van der Waals surface area contributed by atoms with Crippen LogP contribution in [0.25, 0.3) is 0 Å².